The topological polar surface area (TPSA) is 84.3 Å². The van der Waals surface area contributed by atoms with E-state index in [1.165, 1.54) is 10.9 Å². The van der Waals surface area contributed by atoms with Crippen LogP contribution in [0.3, 0.4) is 0 Å². The van der Waals surface area contributed by atoms with Crippen LogP contribution in [0.4, 0.5) is 8.78 Å². The zero-order valence-electron chi connectivity index (χ0n) is 16.8. The van der Waals surface area contributed by atoms with E-state index in [1.54, 1.807) is 11.3 Å². The SMILES string of the molecule is NCC(Cn1ncn(Cc2cc3cc(-c4ccc5c(c4)OCO5)ccc3s2)c1=O)=C(F)F. The van der Waals surface area contributed by atoms with Crippen LogP contribution in [-0.2, 0) is 13.1 Å². The summed E-state index contributed by atoms with van der Waals surface area (Å²) in [5.41, 5.74) is 6.61. The Morgan fingerprint density at radius 3 is 2.69 bits per heavy atom. The molecule has 2 aromatic heterocycles. The predicted octanol–water partition coefficient (Wildman–Crippen LogP) is 3.81. The van der Waals surface area contributed by atoms with Crippen LogP contribution in [0, 0.1) is 0 Å². The molecule has 0 atom stereocenters. The lowest BCUT2D eigenvalue weighted by Crippen LogP contribution is -2.27. The van der Waals surface area contributed by atoms with Crippen molar-refractivity contribution in [2.75, 3.05) is 13.3 Å². The van der Waals surface area contributed by atoms with Gasteiger partial charge in [-0.1, -0.05) is 12.1 Å². The number of ether oxygens (including phenoxy) is 2. The lowest BCUT2D eigenvalue weighted by atomic mass is 10.0. The molecule has 32 heavy (non-hydrogen) atoms. The van der Waals surface area contributed by atoms with Crippen molar-refractivity contribution < 1.29 is 18.3 Å². The first-order chi connectivity index (χ1) is 15.5. The van der Waals surface area contributed by atoms with Gasteiger partial charge in [-0.3, -0.25) is 4.57 Å². The normalized spacial score (nSPS) is 12.5. The largest absolute Gasteiger partial charge is 0.454 e. The molecule has 0 saturated carbocycles. The first-order valence-electron chi connectivity index (χ1n) is 9.79. The molecule has 2 aromatic carbocycles. The maximum atomic E-state index is 12.8. The fourth-order valence-electron chi connectivity index (χ4n) is 3.57. The molecule has 0 radical (unpaired) electrons. The van der Waals surface area contributed by atoms with Gasteiger partial charge in [0.15, 0.2) is 11.5 Å². The van der Waals surface area contributed by atoms with Crippen LogP contribution in [-0.4, -0.2) is 27.7 Å². The van der Waals surface area contributed by atoms with E-state index < -0.39 is 11.8 Å². The van der Waals surface area contributed by atoms with Crippen molar-refractivity contribution in [1.82, 2.24) is 14.3 Å². The summed E-state index contributed by atoms with van der Waals surface area (Å²) >= 11 is 1.57. The molecular weight excluding hydrogens is 438 g/mol. The van der Waals surface area contributed by atoms with Crippen LogP contribution in [0.2, 0.25) is 0 Å². The standard InChI is InChI=1S/C22H18F2N4O3S/c23-21(24)16(8-25)9-28-22(29)27(11-26-28)10-17-6-15-5-13(2-4-20(15)32-17)14-1-3-18-19(7-14)31-12-30-18/h1-7,11H,8-10,12,25H2. The summed E-state index contributed by atoms with van der Waals surface area (Å²) in [7, 11) is 0. The second-order valence-corrected chi connectivity index (χ2v) is 8.47. The van der Waals surface area contributed by atoms with Gasteiger partial charge in [-0.05, 0) is 46.8 Å². The highest BCUT2D eigenvalue weighted by Gasteiger charge is 2.15. The Kier molecular flexibility index (Phi) is 5.24. The van der Waals surface area contributed by atoms with E-state index in [2.05, 4.69) is 11.2 Å². The molecule has 0 bridgehead atoms. The average molecular weight is 456 g/mol. The van der Waals surface area contributed by atoms with Gasteiger partial charge in [0.1, 0.15) is 6.33 Å². The van der Waals surface area contributed by atoms with Crippen molar-refractivity contribution in [2.24, 2.45) is 5.73 Å². The molecule has 7 nitrogen and oxygen atoms in total. The lowest BCUT2D eigenvalue weighted by molar-refractivity contribution is 0.174. The molecule has 5 rings (SSSR count). The van der Waals surface area contributed by atoms with E-state index in [9.17, 15) is 13.6 Å². The van der Waals surface area contributed by atoms with Crippen molar-refractivity contribution in [3.05, 3.63) is 75.8 Å². The molecule has 0 unspecified atom stereocenters. The minimum atomic E-state index is -1.88. The maximum Gasteiger partial charge on any atom is 0.346 e. The maximum absolute atomic E-state index is 12.8. The third-order valence-electron chi connectivity index (χ3n) is 5.25. The predicted molar refractivity (Wildman–Crippen MR) is 117 cm³/mol. The van der Waals surface area contributed by atoms with E-state index in [-0.39, 0.29) is 25.5 Å². The van der Waals surface area contributed by atoms with Gasteiger partial charge in [0.2, 0.25) is 6.79 Å². The molecule has 0 spiro atoms. The van der Waals surface area contributed by atoms with Gasteiger partial charge in [-0.25, -0.2) is 9.48 Å². The highest BCUT2D eigenvalue weighted by molar-refractivity contribution is 7.19. The molecule has 10 heteroatoms. The average Bonchev–Trinajstić information content (AvgIpc) is 3.50. The Hall–Kier alpha value is -3.50. The quantitative estimate of drug-likeness (QED) is 0.477. The van der Waals surface area contributed by atoms with Gasteiger partial charge >= 0.3 is 5.69 Å². The summed E-state index contributed by atoms with van der Waals surface area (Å²) in [6.07, 6.45) is -0.522. The van der Waals surface area contributed by atoms with Gasteiger partial charge in [0.25, 0.3) is 6.08 Å². The van der Waals surface area contributed by atoms with Gasteiger partial charge in [-0.2, -0.15) is 13.9 Å². The van der Waals surface area contributed by atoms with Crippen LogP contribution in [0.15, 0.2) is 65.2 Å². The summed E-state index contributed by atoms with van der Waals surface area (Å²) in [6.45, 7) is -0.120. The monoisotopic (exact) mass is 456 g/mol. The van der Waals surface area contributed by atoms with Crippen LogP contribution in [0.1, 0.15) is 4.88 Å². The molecule has 1 aliphatic heterocycles. The zero-order chi connectivity index (χ0) is 22.2. The van der Waals surface area contributed by atoms with Crippen molar-refractivity contribution in [3.8, 4) is 22.6 Å². The Morgan fingerprint density at radius 1 is 1.09 bits per heavy atom. The Labute approximate surface area is 184 Å². The summed E-state index contributed by atoms with van der Waals surface area (Å²) in [6, 6.07) is 14.0. The molecule has 3 heterocycles. The summed E-state index contributed by atoms with van der Waals surface area (Å²) in [4.78, 5) is 13.5. The molecule has 164 valence electrons. The summed E-state index contributed by atoms with van der Waals surface area (Å²) in [5.74, 6) is 1.47. The third kappa shape index (κ3) is 3.78. The number of hydrogen-bond acceptors (Lipinski definition) is 6. The molecule has 4 aromatic rings. The van der Waals surface area contributed by atoms with Crippen LogP contribution in [0.25, 0.3) is 21.2 Å². The highest BCUT2D eigenvalue weighted by atomic mass is 32.1. The van der Waals surface area contributed by atoms with Gasteiger partial charge in [0, 0.05) is 21.7 Å². The number of fused-ring (bicyclic) bond motifs is 2. The van der Waals surface area contributed by atoms with Gasteiger partial charge in [0.05, 0.1) is 13.1 Å². The number of rotatable bonds is 6. The third-order valence-corrected chi connectivity index (χ3v) is 6.35. The number of halogens is 2. The number of benzene rings is 2. The summed E-state index contributed by atoms with van der Waals surface area (Å²) < 4.78 is 40.0. The molecule has 0 aliphatic carbocycles. The van der Waals surface area contributed by atoms with E-state index in [4.69, 9.17) is 15.2 Å². The number of aromatic nitrogens is 3. The Bertz CT molecular complexity index is 1400. The fourth-order valence-corrected chi connectivity index (χ4v) is 4.61. The first-order valence-corrected chi connectivity index (χ1v) is 10.6. The van der Waals surface area contributed by atoms with Crippen LogP contribution in [0.5, 0.6) is 11.5 Å². The molecule has 0 saturated heterocycles. The second-order valence-electron chi connectivity index (χ2n) is 7.30. The smallest absolute Gasteiger partial charge is 0.346 e. The molecule has 2 N–H and O–H groups in total. The van der Waals surface area contributed by atoms with Gasteiger partial charge < -0.3 is 15.2 Å². The zero-order valence-corrected chi connectivity index (χ0v) is 17.6. The second kappa shape index (κ2) is 8.21. The highest BCUT2D eigenvalue weighted by Crippen LogP contribution is 2.37. The fraction of sp³-hybridized carbons (Fsp3) is 0.182. The van der Waals surface area contributed by atoms with E-state index in [1.807, 2.05) is 36.4 Å². The number of nitrogens with two attached hydrogens (primary N) is 1. The number of thiophene rings is 1. The van der Waals surface area contributed by atoms with Gasteiger partial charge in [-0.15, -0.1) is 11.3 Å². The lowest BCUT2D eigenvalue weighted by Gasteiger charge is -2.03. The molecule has 1 aliphatic rings. The minimum Gasteiger partial charge on any atom is -0.454 e. The van der Waals surface area contributed by atoms with E-state index in [0.717, 1.165) is 42.3 Å². The van der Waals surface area contributed by atoms with Crippen LogP contribution < -0.4 is 20.9 Å². The Morgan fingerprint density at radius 2 is 1.88 bits per heavy atom. The van der Waals surface area contributed by atoms with Crippen molar-refractivity contribution >= 4 is 21.4 Å². The van der Waals surface area contributed by atoms with Crippen molar-refractivity contribution in [3.63, 3.8) is 0 Å². The van der Waals surface area contributed by atoms with E-state index in [0.29, 0.717) is 6.54 Å². The first kappa shape index (κ1) is 20.4. The summed E-state index contributed by atoms with van der Waals surface area (Å²) in [5, 5.41) is 4.99. The molecular formula is C22H18F2N4O3S. The van der Waals surface area contributed by atoms with Crippen molar-refractivity contribution in [2.45, 2.75) is 13.1 Å². The number of nitrogens with zero attached hydrogens (tertiary/aromatic N) is 3. The van der Waals surface area contributed by atoms with Crippen LogP contribution >= 0.6 is 11.3 Å². The molecule has 0 fully saturated rings. The van der Waals surface area contributed by atoms with Crippen molar-refractivity contribution in [1.29, 1.82) is 0 Å². The van der Waals surface area contributed by atoms with E-state index >= 15 is 0 Å². The molecule has 0 amide bonds. The minimum absolute atomic E-state index is 0.230. The number of hydrogen-bond donors (Lipinski definition) is 1. The Balaban J connectivity index is 1.39.